The maximum atomic E-state index is 10.8. The predicted molar refractivity (Wildman–Crippen MR) is 62.8 cm³/mol. The summed E-state index contributed by atoms with van der Waals surface area (Å²) >= 11 is 0. The van der Waals surface area contributed by atoms with Crippen LogP contribution in [0.1, 0.15) is 12.5 Å². The summed E-state index contributed by atoms with van der Waals surface area (Å²) in [7, 11) is 0. The second kappa shape index (κ2) is 6.07. The monoisotopic (exact) mass is 224 g/mol. The molecule has 0 aliphatic heterocycles. The van der Waals surface area contributed by atoms with E-state index in [0.29, 0.717) is 25.4 Å². The van der Waals surface area contributed by atoms with Crippen LogP contribution < -0.4 is 5.32 Å². The van der Waals surface area contributed by atoms with Crippen LogP contribution in [-0.4, -0.2) is 24.7 Å². The van der Waals surface area contributed by atoms with Crippen LogP contribution >= 0.6 is 0 Å². The fourth-order valence-corrected chi connectivity index (χ4v) is 1.34. The van der Waals surface area contributed by atoms with Crippen molar-refractivity contribution in [1.82, 2.24) is 0 Å². The molecule has 0 aromatic heterocycles. The second-order valence-corrected chi connectivity index (χ2v) is 3.40. The smallest absolute Gasteiger partial charge is 0.292 e. The molecule has 1 aromatic carbocycles. The Labute approximate surface area is 94.6 Å². The summed E-state index contributed by atoms with van der Waals surface area (Å²) in [5.74, 6) is 0. The normalized spacial score (nSPS) is 10.1. The van der Waals surface area contributed by atoms with Crippen molar-refractivity contribution in [1.29, 1.82) is 0 Å². The molecule has 0 unspecified atom stereocenters. The Morgan fingerprint density at radius 2 is 2.25 bits per heavy atom. The number of nitro groups is 1. The van der Waals surface area contributed by atoms with Gasteiger partial charge in [-0.2, -0.15) is 0 Å². The van der Waals surface area contributed by atoms with Gasteiger partial charge in [-0.3, -0.25) is 10.1 Å². The Morgan fingerprint density at radius 3 is 2.88 bits per heavy atom. The average molecular weight is 224 g/mol. The van der Waals surface area contributed by atoms with Gasteiger partial charge in [0.15, 0.2) is 0 Å². The maximum absolute atomic E-state index is 10.8. The Hall–Kier alpha value is -1.62. The summed E-state index contributed by atoms with van der Waals surface area (Å²) < 4.78 is 5.15. The van der Waals surface area contributed by atoms with E-state index < -0.39 is 0 Å². The third-order valence-electron chi connectivity index (χ3n) is 2.12. The van der Waals surface area contributed by atoms with Gasteiger partial charge in [0.05, 0.1) is 11.5 Å². The number of hydrogen-bond acceptors (Lipinski definition) is 4. The minimum Gasteiger partial charge on any atom is -0.380 e. The Bertz CT molecular complexity index is 366. The van der Waals surface area contributed by atoms with Crippen molar-refractivity contribution < 1.29 is 9.66 Å². The molecule has 88 valence electrons. The van der Waals surface area contributed by atoms with Crippen LogP contribution in [0.25, 0.3) is 0 Å². The molecule has 5 heteroatoms. The topological polar surface area (TPSA) is 64.4 Å². The van der Waals surface area contributed by atoms with Gasteiger partial charge in [0.2, 0.25) is 0 Å². The molecule has 0 amide bonds. The van der Waals surface area contributed by atoms with Gasteiger partial charge in [-0.15, -0.1) is 0 Å². The molecule has 0 aliphatic carbocycles. The molecule has 5 nitrogen and oxygen atoms in total. The summed E-state index contributed by atoms with van der Waals surface area (Å²) in [5, 5.41) is 13.8. The first-order valence-corrected chi connectivity index (χ1v) is 5.21. The molecule has 0 aliphatic rings. The predicted octanol–water partition coefficient (Wildman–Crippen LogP) is 2.35. The van der Waals surface area contributed by atoms with Crippen LogP contribution in [0.2, 0.25) is 0 Å². The van der Waals surface area contributed by atoms with Crippen molar-refractivity contribution in [2.45, 2.75) is 13.8 Å². The van der Waals surface area contributed by atoms with Crippen molar-refractivity contribution in [3.63, 3.8) is 0 Å². The molecule has 0 saturated heterocycles. The van der Waals surface area contributed by atoms with E-state index in [1.165, 1.54) is 0 Å². The van der Waals surface area contributed by atoms with E-state index in [1.807, 2.05) is 19.9 Å². The summed E-state index contributed by atoms with van der Waals surface area (Å²) in [5.41, 5.74) is 1.52. The molecule has 0 fully saturated rings. The zero-order chi connectivity index (χ0) is 12.0. The fraction of sp³-hybridized carbons (Fsp3) is 0.455. The molecular formula is C11H16N2O3. The van der Waals surface area contributed by atoms with Crippen molar-refractivity contribution in [3.8, 4) is 0 Å². The summed E-state index contributed by atoms with van der Waals surface area (Å²) in [4.78, 5) is 10.4. The van der Waals surface area contributed by atoms with E-state index in [2.05, 4.69) is 5.32 Å². The molecule has 0 saturated carbocycles. The van der Waals surface area contributed by atoms with Gasteiger partial charge in [0, 0.05) is 19.2 Å². The number of rotatable bonds is 6. The number of aryl methyl sites for hydroxylation is 1. The van der Waals surface area contributed by atoms with E-state index in [-0.39, 0.29) is 10.6 Å². The molecule has 1 aromatic rings. The minimum absolute atomic E-state index is 0.108. The lowest BCUT2D eigenvalue weighted by atomic mass is 10.2. The van der Waals surface area contributed by atoms with Crippen LogP contribution in [0.15, 0.2) is 18.2 Å². The molecule has 16 heavy (non-hydrogen) atoms. The molecule has 0 bridgehead atoms. The van der Waals surface area contributed by atoms with E-state index in [0.717, 1.165) is 5.56 Å². The number of nitrogens with zero attached hydrogens (tertiary/aromatic N) is 1. The van der Waals surface area contributed by atoms with Crippen LogP contribution in [0.4, 0.5) is 11.4 Å². The third kappa shape index (κ3) is 3.51. The molecule has 1 rings (SSSR count). The van der Waals surface area contributed by atoms with Crippen molar-refractivity contribution in [2.24, 2.45) is 0 Å². The van der Waals surface area contributed by atoms with Gasteiger partial charge in [-0.1, -0.05) is 6.07 Å². The highest BCUT2D eigenvalue weighted by molar-refractivity contribution is 5.62. The number of ether oxygens (including phenoxy) is 1. The first-order chi connectivity index (χ1) is 7.65. The van der Waals surface area contributed by atoms with Crippen molar-refractivity contribution in [3.05, 3.63) is 33.9 Å². The van der Waals surface area contributed by atoms with E-state index in [1.54, 1.807) is 12.1 Å². The van der Waals surface area contributed by atoms with Gasteiger partial charge in [0.1, 0.15) is 5.69 Å². The van der Waals surface area contributed by atoms with E-state index >= 15 is 0 Å². The summed E-state index contributed by atoms with van der Waals surface area (Å²) in [6, 6.07) is 5.12. The van der Waals surface area contributed by atoms with Crippen LogP contribution in [0.5, 0.6) is 0 Å². The van der Waals surface area contributed by atoms with Gasteiger partial charge in [-0.25, -0.2) is 0 Å². The Morgan fingerprint density at radius 1 is 1.50 bits per heavy atom. The van der Waals surface area contributed by atoms with Crippen LogP contribution in [-0.2, 0) is 4.74 Å². The maximum Gasteiger partial charge on any atom is 0.292 e. The lowest BCUT2D eigenvalue weighted by Gasteiger charge is -2.07. The zero-order valence-electron chi connectivity index (χ0n) is 9.53. The van der Waals surface area contributed by atoms with Gasteiger partial charge < -0.3 is 10.1 Å². The molecule has 0 spiro atoms. The molecule has 1 N–H and O–H groups in total. The lowest BCUT2D eigenvalue weighted by molar-refractivity contribution is -0.384. The first kappa shape index (κ1) is 12.4. The first-order valence-electron chi connectivity index (χ1n) is 5.21. The Kier molecular flexibility index (Phi) is 4.72. The summed E-state index contributed by atoms with van der Waals surface area (Å²) in [6.45, 7) is 5.50. The van der Waals surface area contributed by atoms with Crippen LogP contribution in [0.3, 0.4) is 0 Å². The Balaban J connectivity index is 2.67. The number of nitrogens with one attached hydrogen (secondary N) is 1. The fourth-order valence-electron chi connectivity index (χ4n) is 1.34. The molecule has 0 radical (unpaired) electrons. The minimum atomic E-state index is -0.379. The largest absolute Gasteiger partial charge is 0.380 e. The van der Waals surface area contributed by atoms with Gasteiger partial charge >= 0.3 is 0 Å². The number of nitro benzene ring substituents is 1. The van der Waals surface area contributed by atoms with Crippen LogP contribution in [0, 0.1) is 17.0 Å². The molecular weight excluding hydrogens is 208 g/mol. The standard InChI is InChI=1S/C11H16N2O3/c1-3-16-7-6-12-10-5-4-9(2)8-11(10)13(14)15/h4-5,8,12H,3,6-7H2,1-2H3. The van der Waals surface area contributed by atoms with Gasteiger partial charge in [-0.05, 0) is 25.5 Å². The second-order valence-electron chi connectivity index (χ2n) is 3.40. The zero-order valence-corrected chi connectivity index (χ0v) is 9.53. The number of anilines is 1. The highest BCUT2D eigenvalue weighted by Crippen LogP contribution is 2.24. The number of hydrogen-bond donors (Lipinski definition) is 1. The highest BCUT2D eigenvalue weighted by Gasteiger charge is 2.12. The quantitative estimate of drug-likeness (QED) is 0.457. The van der Waals surface area contributed by atoms with E-state index in [4.69, 9.17) is 4.74 Å². The lowest BCUT2D eigenvalue weighted by Crippen LogP contribution is -2.10. The van der Waals surface area contributed by atoms with Crippen molar-refractivity contribution >= 4 is 11.4 Å². The SMILES string of the molecule is CCOCCNc1ccc(C)cc1[N+](=O)[O-]. The third-order valence-corrected chi connectivity index (χ3v) is 2.12. The molecule has 0 atom stereocenters. The number of benzene rings is 1. The van der Waals surface area contributed by atoms with Gasteiger partial charge in [0.25, 0.3) is 5.69 Å². The van der Waals surface area contributed by atoms with E-state index in [9.17, 15) is 10.1 Å². The summed E-state index contributed by atoms with van der Waals surface area (Å²) in [6.07, 6.45) is 0. The molecule has 0 heterocycles. The highest BCUT2D eigenvalue weighted by atomic mass is 16.6. The average Bonchev–Trinajstić information content (AvgIpc) is 2.26. The van der Waals surface area contributed by atoms with Crippen molar-refractivity contribution in [2.75, 3.05) is 25.1 Å².